The highest BCUT2D eigenvalue weighted by Crippen LogP contribution is 2.24. The second-order valence-corrected chi connectivity index (χ2v) is 7.21. The molecule has 1 saturated heterocycles. The van der Waals surface area contributed by atoms with Gasteiger partial charge in [-0.1, -0.05) is 6.07 Å². The largest absolute Gasteiger partial charge is 0.468 e. The Balaban J connectivity index is 0.00000320. The quantitative estimate of drug-likeness (QED) is 0.291. The number of guanidine groups is 1. The molecule has 2 heterocycles. The average Bonchev–Trinajstić information content (AvgIpc) is 3.43. The molecule has 0 radical (unpaired) electrons. The summed E-state index contributed by atoms with van der Waals surface area (Å²) in [6.07, 6.45) is 4.17. The van der Waals surface area contributed by atoms with Crippen LogP contribution in [0.25, 0.3) is 0 Å². The molecule has 0 bridgehead atoms. The van der Waals surface area contributed by atoms with Gasteiger partial charge in [0.15, 0.2) is 5.96 Å². The molecule has 8 heteroatoms. The van der Waals surface area contributed by atoms with Crippen molar-refractivity contribution in [3.8, 4) is 0 Å². The predicted molar refractivity (Wildman–Crippen MR) is 128 cm³/mol. The van der Waals surface area contributed by atoms with Gasteiger partial charge in [-0.15, -0.1) is 24.0 Å². The molecule has 2 N–H and O–H groups in total. The van der Waals surface area contributed by atoms with E-state index in [0.717, 1.165) is 36.9 Å². The van der Waals surface area contributed by atoms with Gasteiger partial charge in [-0.05, 0) is 62.7 Å². The van der Waals surface area contributed by atoms with E-state index in [2.05, 4.69) is 20.5 Å². The van der Waals surface area contributed by atoms with Crippen LogP contribution in [-0.2, 0) is 17.9 Å². The van der Waals surface area contributed by atoms with E-state index in [4.69, 9.17) is 9.15 Å². The Labute approximate surface area is 195 Å². The summed E-state index contributed by atoms with van der Waals surface area (Å²) in [4.78, 5) is 7.13. The number of ether oxygens (including phenoxy) is 1. The van der Waals surface area contributed by atoms with Crippen LogP contribution in [0.3, 0.4) is 0 Å². The van der Waals surface area contributed by atoms with Gasteiger partial charge in [0.25, 0.3) is 0 Å². The summed E-state index contributed by atoms with van der Waals surface area (Å²) in [7, 11) is 1.56. The Morgan fingerprint density at radius 1 is 1.27 bits per heavy atom. The molecule has 1 atom stereocenters. The molecule has 1 aliphatic rings. The van der Waals surface area contributed by atoms with Gasteiger partial charge < -0.3 is 19.8 Å². The Bertz CT molecular complexity index is 779. The number of hydrogen-bond acceptors (Lipinski definition) is 4. The number of halogens is 2. The number of hydrogen-bond donors (Lipinski definition) is 2. The van der Waals surface area contributed by atoms with Gasteiger partial charge in [0.1, 0.15) is 11.6 Å². The van der Waals surface area contributed by atoms with Gasteiger partial charge in [0.05, 0.1) is 25.5 Å². The van der Waals surface area contributed by atoms with Crippen LogP contribution in [0.15, 0.2) is 46.0 Å². The summed E-state index contributed by atoms with van der Waals surface area (Å²) < 4.78 is 24.6. The van der Waals surface area contributed by atoms with Crippen molar-refractivity contribution in [2.75, 3.05) is 33.3 Å². The summed E-state index contributed by atoms with van der Waals surface area (Å²) in [6.45, 7) is 6.38. The van der Waals surface area contributed by atoms with Crippen LogP contribution in [0, 0.1) is 5.82 Å². The summed E-state index contributed by atoms with van der Waals surface area (Å²) in [5, 5.41) is 6.73. The minimum Gasteiger partial charge on any atom is -0.468 e. The van der Waals surface area contributed by atoms with E-state index in [1.165, 1.54) is 18.9 Å². The molecule has 1 aromatic heterocycles. The van der Waals surface area contributed by atoms with Gasteiger partial charge >= 0.3 is 0 Å². The van der Waals surface area contributed by atoms with Crippen LogP contribution in [0.2, 0.25) is 0 Å². The van der Waals surface area contributed by atoms with E-state index in [-0.39, 0.29) is 42.4 Å². The average molecular weight is 530 g/mol. The molecule has 3 rings (SSSR count). The topological polar surface area (TPSA) is 62.0 Å². The number of benzene rings is 1. The molecular formula is C22H32FIN4O2. The third kappa shape index (κ3) is 6.95. The van der Waals surface area contributed by atoms with Crippen LogP contribution >= 0.6 is 24.0 Å². The molecule has 0 saturated carbocycles. The number of furan rings is 1. The molecular weight excluding hydrogens is 498 g/mol. The fourth-order valence-electron chi connectivity index (χ4n) is 3.64. The number of methoxy groups -OCH3 is 1. The smallest absolute Gasteiger partial charge is 0.191 e. The van der Waals surface area contributed by atoms with E-state index in [1.807, 2.05) is 25.1 Å². The number of rotatable bonds is 9. The zero-order valence-electron chi connectivity index (χ0n) is 17.7. The third-order valence-corrected chi connectivity index (χ3v) is 5.09. The monoisotopic (exact) mass is 530 g/mol. The van der Waals surface area contributed by atoms with E-state index in [0.29, 0.717) is 18.7 Å². The molecule has 6 nitrogen and oxygen atoms in total. The highest BCUT2D eigenvalue weighted by Gasteiger charge is 2.25. The number of likely N-dealkylation sites (tertiary alicyclic amines) is 1. The lowest BCUT2D eigenvalue weighted by atomic mass is 10.1. The third-order valence-electron chi connectivity index (χ3n) is 5.09. The van der Waals surface area contributed by atoms with Crippen molar-refractivity contribution in [1.82, 2.24) is 15.5 Å². The fourth-order valence-corrected chi connectivity index (χ4v) is 3.64. The number of aliphatic imine (C=N–C) groups is 1. The van der Waals surface area contributed by atoms with Gasteiger partial charge in [-0.3, -0.25) is 4.90 Å². The van der Waals surface area contributed by atoms with Crippen LogP contribution in [0.5, 0.6) is 0 Å². The molecule has 2 aromatic rings. The zero-order chi connectivity index (χ0) is 20.5. The van der Waals surface area contributed by atoms with E-state index in [1.54, 1.807) is 19.4 Å². The first kappa shape index (κ1) is 24.6. The van der Waals surface area contributed by atoms with Crippen LogP contribution in [0.1, 0.15) is 42.7 Å². The Kier molecular flexibility index (Phi) is 10.6. The summed E-state index contributed by atoms with van der Waals surface area (Å²) in [5.74, 6) is 1.45. The molecule has 30 heavy (non-hydrogen) atoms. The molecule has 1 fully saturated rings. The normalized spacial score (nSPS) is 15.6. The van der Waals surface area contributed by atoms with Crippen LogP contribution in [0.4, 0.5) is 4.39 Å². The van der Waals surface area contributed by atoms with Crippen LogP contribution in [-0.4, -0.2) is 44.1 Å². The van der Waals surface area contributed by atoms with Crippen molar-refractivity contribution in [3.05, 3.63) is 59.3 Å². The minimum absolute atomic E-state index is 0. The van der Waals surface area contributed by atoms with Crippen molar-refractivity contribution in [2.45, 2.75) is 39.0 Å². The van der Waals surface area contributed by atoms with E-state index in [9.17, 15) is 4.39 Å². The molecule has 1 unspecified atom stereocenters. The van der Waals surface area contributed by atoms with Gasteiger partial charge in [-0.25, -0.2) is 9.38 Å². The van der Waals surface area contributed by atoms with Gasteiger partial charge in [0.2, 0.25) is 0 Å². The maximum atomic E-state index is 13.8. The van der Waals surface area contributed by atoms with Crippen molar-refractivity contribution in [1.29, 1.82) is 0 Å². The first-order chi connectivity index (χ1) is 14.2. The SMILES string of the molecule is CCNC(=NCc1ccc(F)c(COC)c1)NCC(c1ccco1)N1CCCC1.I. The summed E-state index contributed by atoms with van der Waals surface area (Å²) in [5.41, 5.74) is 1.49. The number of nitrogens with one attached hydrogen (secondary N) is 2. The Hall–Kier alpha value is -1.65. The maximum Gasteiger partial charge on any atom is 0.191 e. The molecule has 0 aliphatic carbocycles. The van der Waals surface area contributed by atoms with Crippen molar-refractivity contribution in [3.63, 3.8) is 0 Å². The second kappa shape index (κ2) is 12.9. The summed E-state index contributed by atoms with van der Waals surface area (Å²) in [6, 6.07) is 9.18. The molecule has 1 aromatic carbocycles. The lowest BCUT2D eigenvalue weighted by Gasteiger charge is -2.26. The van der Waals surface area contributed by atoms with Crippen LogP contribution < -0.4 is 10.6 Å². The summed E-state index contributed by atoms with van der Waals surface area (Å²) >= 11 is 0. The highest BCUT2D eigenvalue weighted by atomic mass is 127. The lowest BCUT2D eigenvalue weighted by Crippen LogP contribution is -2.42. The first-order valence-corrected chi connectivity index (χ1v) is 10.3. The molecule has 0 spiro atoms. The standard InChI is InChI=1S/C22H31FN4O2.HI/c1-3-24-22(25-14-17-8-9-19(23)18(13-17)16-28-2)26-15-20(21-7-6-12-29-21)27-10-4-5-11-27;/h6-9,12-13,20H,3-5,10-11,14-16H2,1-2H3,(H2,24,25,26);1H. The first-order valence-electron chi connectivity index (χ1n) is 10.3. The van der Waals surface area contributed by atoms with Gasteiger partial charge in [-0.2, -0.15) is 0 Å². The van der Waals surface area contributed by atoms with E-state index < -0.39 is 0 Å². The molecule has 1 aliphatic heterocycles. The minimum atomic E-state index is -0.253. The van der Waals surface area contributed by atoms with Crippen molar-refractivity contribution in [2.24, 2.45) is 4.99 Å². The number of nitrogens with zero attached hydrogens (tertiary/aromatic N) is 2. The van der Waals surface area contributed by atoms with E-state index >= 15 is 0 Å². The highest BCUT2D eigenvalue weighted by molar-refractivity contribution is 14.0. The zero-order valence-corrected chi connectivity index (χ0v) is 20.0. The van der Waals surface area contributed by atoms with Gasteiger partial charge in [0, 0.05) is 25.8 Å². The second-order valence-electron chi connectivity index (χ2n) is 7.21. The fraction of sp³-hybridized carbons (Fsp3) is 0.500. The Morgan fingerprint density at radius 2 is 2.07 bits per heavy atom. The predicted octanol–water partition coefficient (Wildman–Crippen LogP) is 4.08. The lowest BCUT2D eigenvalue weighted by molar-refractivity contribution is 0.181. The Morgan fingerprint density at radius 3 is 2.73 bits per heavy atom. The van der Waals surface area contributed by atoms with Crippen molar-refractivity contribution < 1.29 is 13.5 Å². The molecule has 166 valence electrons. The molecule has 0 amide bonds. The maximum absolute atomic E-state index is 13.8. The van der Waals surface area contributed by atoms with Crippen molar-refractivity contribution >= 4 is 29.9 Å².